The topological polar surface area (TPSA) is 48.3 Å². The molecule has 0 aliphatic heterocycles. The second kappa shape index (κ2) is 6.72. The summed E-state index contributed by atoms with van der Waals surface area (Å²) in [4.78, 5) is 0. The van der Waals surface area contributed by atoms with Crippen LogP contribution >= 0.6 is 11.6 Å². The van der Waals surface area contributed by atoms with E-state index >= 15 is 0 Å². The van der Waals surface area contributed by atoms with Crippen LogP contribution in [0.1, 0.15) is 18.3 Å². The summed E-state index contributed by atoms with van der Waals surface area (Å²) >= 11 is 6.30. The maximum Gasteiger partial charge on any atom is 0.124 e. The molecule has 0 radical (unpaired) electrons. The molecule has 0 atom stereocenters. The van der Waals surface area contributed by atoms with Crippen molar-refractivity contribution in [3.63, 3.8) is 0 Å². The Morgan fingerprint density at radius 2 is 1.81 bits per heavy atom. The third kappa shape index (κ3) is 3.42. The number of nitrogens with zero attached hydrogens (tertiary/aromatic N) is 2. The van der Waals surface area contributed by atoms with Crippen molar-refractivity contribution in [2.24, 2.45) is 0 Å². The van der Waals surface area contributed by atoms with Gasteiger partial charge < -0.3 is 14.8 Å². The van der Waals surface area contributed by atoms with Crippen molar-refractivity contribution in [2.45, 2.75) is 26.9 Å². The Morgan fingerprint density at radius 1 is 1.19 bits per heavy atom. The largest absolute Gasteiger partial charge is 0.497 e. The molecule has 1 aromatic heterocycles. The molecule has 0 spiro atoms. The van der Waals surface area contributed by atoms with Gasteiger partial charge in [0.25, 0.3) is 0 Å². The van der Waals surface area contributed by atoms with Gasteiger partial charge in [-0.15, -0.1) is 0 Å². The fourth-order valence-electron chi connectivity index (χ4n) is 2.13. The van der Waals surface area contributed by atoms with E-state index in [0.717, 1.165) is 35.1 Å². The molecule has 1 N–H and O–H groups in total. The predicted octanol–water partition coefficient (Wildman–Crippen LogP) is 3.49. The number of hydrogen-bond acceptors (Lipinski definition) is 4. The molecule has 1 heterocycles. The van der Waals surface area contributed by atoms with Gasteiger partial charge in [-0.25, -0.2) is 0 Å². The second-order valence-corrected chi connectivity index (χ2v) is 4.99. The SMILES string of the molecule is CCn1nc(C)c(Cl)c1CNc1cc(OC)cc(OC)c1. The molecule has 0 fully saturated rings. The highest BCUT2D eigenvalue weighted by atomic mass is 35.5. The summed E-state index contributed by atoms with van der Waals surface area (Å²) in [5, 5.41) is 8.45. The first kappa shape index (κ1) is 15.5. The third-order valence-electron chi connectivity index (χ3n) is 3.26. The molecule has 114 valence electrons. The Morgan fingerprint density at radius 3 is 2.33 bits per heavy atom. The van der Waals surface area contributed by atoms with Gasteiger partial charge in [-0.1, -0.05) is 11.6 Å². The molecule has 0 amide bonds. The predicted molar refractivity (Wildman–Crippen MR) is 84.5 cm³/mol. The first-order valence-corrected chi connectivity index (χ1v) is 7.15. The number of hydrogen-bond donors (Lipinski definition) is 1. The number of anilines is 1. The van der Waals surface area contributed by atoms with Crippen molar-refractivity contribution in [2.75, 3.05) is 19.5 Å². The Kier molecular flexibility index (Phi) is 4.96. The summed E-state index contributed by atoms with van der Waals surface area (Å²) in [6, 6.07) is 5.66. The first-order valence-electron chi connectivity index (χ1n) is 6.77. The minimum Gasteiger partial charge on any atom is -0.497 e. The molecule has 0 bridgehead atoms. The fraction of sp³-hybridized carbons (Fsp3) is 0.400. The lowest BCUT2D eigenvalue weighted by molar-refractivity contribution is 0.394. The van der Waals surface area contributed by atoms with Gasteiger partial charge in [-0.2, -0.15) is 5.10 Å². The number of rotatable bonds is 6. The zero-order valence-corrected chi connectivity index (χ0v) is 13.5. The average Bonchev–Trinajstić information content (AvgIpc) is 2.79. The van der Waals surface area contributed by atoms with Gasteiger partial charge in [0.1, 0.15) is 11.5 Å². The molecule has 0 saturated carbocycles. The molecule has 0 aliphatic carbocycles. The molecule has 2 rings (SSSR count). The zero-order valence-electron chi connectivity index (χ0n) is 12.7. The van der Waals surface area contributed by atoms with Crippen molar-refractivity contribution in [1.29, 1.82) is 0 Å². The van der Waals surface area contributed by atoms with Crippen molar-refractivity contribution in [1.82, 2.24) is 9.78 Å². The van der Waals surface area contributed by atoms with E-state index in [0.29, 0.717) is 11.6 Å². The molecule has 5 nitrogen and oxygen atoms in total. The van der Waals surface area contributed by atoms with Crippen LogP contribution in [0.25, 0.3) is 0 Å². The smallest absolute Gasteiger partial charge is 0.124 e. The number of methoxy groups -OCH3 is 2. The standard InChI is InChI=1S/C15H20ClN3O2/c1-5-19-14(15(16)10(2)18-19)9-17-11-6-12(20-3)8-13(7-11)21-4/h6-8,17H,5,9H2,1-4H3. The number of benzene rings is 1. The van der Waals surface area contributed by atoms with Gasteiger partial charge in [0.05, 0.1) is 37.2 Å². The van der Waals surface area contributed by atoms with Gasteiger partial charge in [0, 0.05) is 30.4 Å². The summed E-state index contributed by atoms with van der Waals surface area (Å²) in [6.45, 7) is 5.32. The van der Waals surface area contributed by atoms with Gasteiger partial charge in [-0.05, 0) is 13.8 Å². The number of halogens is 1. The number of aromatic nitrogens is 2. The maximum absolute atomic E-state index is 6.30. The Hall–Kier alpha value is -1.88. The molecule has 0 unspecified atom stereocenters. The third-order valence-corrected chi connectivity index (χ3v) is 3.76. The monoisotopic (exact) mass is 309 g/mol. The lowest BCUT2D eigenvalue weighted by Crippen LogP contribution is -2.08. The second-order valence-electron chi connectivity index (χ2n) is 4.62. The Labute approximate surface area is 129 Å². The summed E-state index contributed by atoms with van der Waals surface area (Å²) < 4.78 is 12.4. The highest BCUT2D eigenvalue weighted by molar-refractivity contribution is 6.31. The minimum atomic E-state index is 0.587. The van der Waals surface area contributed by atoms with E-state index in [1.807, 2.05) is 36.7 Å². The van der Waals surface area contributed by atoms with E-state index < -0.39 is 0 Å². The van der Waals surface area contributed by atoms with E-state index in [1.54, 1.807) is 14.2 Å². The van der Waals surface area contributed by atoms with Crippen LogP contribution in [-0.4, -0.2) is 24.0 Å². The van der Waals surface area contributed by atoms with Gasteiger partial charge in [0.15, 0.2) is 0 Å². The normalized spacial score (nSPS) is 10.5. The van der Waals surface area contributed by atoms with Crippen LogP contribution in [0, 0.1) is 6.92 Å². The molecule has 0 aliphatic rings. The molecule has 6 heteroatoms. The lowest BCUT2D eigenvalue weighted by atomic mass is 10.2. The van der Waals surface area contributed by atoms with Gasteiger partial charge in [0.2, 0.25) is 0 Å². The van der Waals surface area contributed by atoms with E-state index in [2.05, 4.69) is 10.4 Å². The van der Waals surface area contributed by atoms with E-state index in [1.165, 1.54) is 0 Å². The van der Waals surface area contributed by atoms with E-state index in [-0.39, 0.29) is 0 Å². The van der Waals surface area contributed by atoms with Crippen LogP contribution in [-0.2, 0) is 13.1 Å². The molecule has 0 saturated heterocycles. The van der Waals surface area contributed by atoms with E-state index in [4.69, 9.17) is 21.1 Å². The quantitative estimate of drug-likeness (QED) is 0.887. The Bertz CT molecular complexity index is 603. The number of nitrogens with one attached hydrogen (secondary N) is 1. The molecule has 21 heavy (non-hydrogen) atoms. The maximum atomic E-state index is 6.30. The summed E-state index contributed by atoms with van der Waals surface area (Å²) in [7, 11) is 3.26. The summed E-state index contributed by atoms with van der Waals surface area (Å²) in [5.41, 5.74) is 2.72. The molecular weight excluding hydrogens is 290 g/mol. The average molecular weight is 310 g/mol. The lowest BCUT2D eigenvalue weighted by Gasteiger charge is -2.11. The van der Waals surface area contributed by atoms with Crippen molar-refractivity contribution >= 4 is 17.3 Å². The van der Waals surface area contributed by atoms with Crippen LogP contribution in [0.15, 0.2) is 18.2 Å². The van der Waals surface area contributed by atoms with Gasteiger partial charge in [-0.3, -0.25) is 4.68 Å². The first-order chi connectivity index (χ1) is 10.1. The fourth-order valence-corrected chi connectivity index (χ4v) is 2.34. The highest BCUT2D eigenvalue weighted by Gasteiger charge is 2.12. The molecule has 1 aromatic carbocycles. The van der Waals surface area contributed by atoms with Crippen LogP contribution < -0.4 is 14.8 Å². The Balaban J connectivity index is 2.20. The van der Waals surface area contributed by atoms with Gasteiger partial charge >= 0.3 is 0 Å². The van der Waals surface area contributed by atoms with Crippen LogP contribution in [0.3, 0.4) is 0 Å². The number of ether oxygens (including phenoxy) is 2. The summed E-state index contributed by atoms with van der Waals surface area (Å²) in [5.74, 6) is 1.48. The van der Waals surface area contributed by atoms with Crippen LogP contribution in [0.2, 0.25) is 5.02 Å². The van der Waals surface area contributed by atoms with Crippen molar-refractivity contribution < 1.29 is 9.47 Å². The van der Waals surface area contributed by atoms with Crippen LogP contribution in [0.5, 0.6) is 11.5 Å². The van der Waals surface area contributed by atoms with E-state index in [9.17, 15) is 0 Å². The number of aryl methyl sites for hydroxylation is 2. The van der Waals surface area contributed by atoms with Crippen LogP contribution in [0.4, 0.5) is 5.69 Å². The minimum absolute atomic E-state index is 0.587. The molecule has 2 aromatic rings. The van der Waals surface area contributed by atoms with Crippen molar-refractivity contribution in [3.8, 4) is 11.5 Å². The molecular formula is C15H20ClN3O2. The summed E-state index contributed by atoms with van der Waals surface area (Å²) in [6.07, 6.45) is 0. The van der Waals surface area contributed by atoms with Crippen molar-refractivity contribution in [3.05, 3.63) is 34.6 Å². The highest BCUT2D eigenvalue weighted by Crippen LogP contribution is 2.27. The zero-order chi connectivity index (χ0) is 15.4.